The van der Waals surface area contributed by atoms with Crippen LogP contribution in [0, 0.1) is 0 Å². The number of nitrogens with one attached hydrogen (secondary N) is 3. The number of esters is 1. The first-order valence-corrected chi connectivity index (χ1v) is 9.15. The lowest BCUT2D eigenvalue weighted by atomic mass is 10.1. The van der Waals surface area contributed by atoms with E-state index in [0.29, 0.717) is 16.9 Å². The van der Waals surface area contributed by atoms with Crippen molar-refractivity contribution >= 4 is 45.2 Å². The van der Waals surface area contributed by atoms with Crippen molar-refractivity contribution in [2.24, 2.45) is 0 Å². The van der Waals surface area contributed by atoms with Gasteiger partial charge in [-0.2, -0.15) is 10.1 Å². The number of H-pyrrole nitrogens is 2. The van der Waals surface area contributed by atoms with Gasteiger partial charge in [0.2, 0.25) is 5.95 Å². The van der Waals surface area contributed by atoms with Crippen LogP contribution in [0.15, 0.2) is 54.9 Å². The molecule has 30 heavy (non-hydrogen) atoms. The molecule has 0 aliphatic heterocycles. The van der Waals surface area contributed by atoms with Gasteiger partial charge in [0.1, 0.15) is 5.82 Å². The van der Waals surface area contributed by atoms with Gasteiger partial charge in [-0.3, -0.25) is 5.10 Å². The lowest BCUT2D eigenvalue weighted by Crippen LogP contribution is -2.01. The molecular formula is C21H17N7O2. The summed E-state index contributed by atoms with van der Waals surface area (Å²) in [5.41, 5.74) is 10.3. The van der Waals surface area contributed by atoms with E-state index in [1.54, 1.807) is 24.5 Å². The molecule has 0 saturated carbocycles. The highest BCUT2D eigenvalue weighted by atomic mass is 16.5. The molecule has 0 bridgehead atoms. The van der Waals surface area contributed by atoms with Crippen LogP contribution in [-0.2, 0) is 4.74 Å². The standard InChI is InChI=1S/C21H17N7O2/c1-30-20(29)14-4-2-3-11-8-16(26-18(11)14)15-9-13(7-12-10-24-28-19(12)15)25-17-5-6-23-21(22)27-17/h2-10,26H,1H3,(H,24,28)(H3,22,23,25,27). The van der Waals surface area contributed by atoms with E-state index < -0.39 is 5.97 Å². The fraction of sp³-hybridized carbons (Fsp3) is 0.0476. The van der Waals surface area contributed by atoms with Crippen LogP contribution < -0.4 is 11.1 Å². The molecule has 5 aromatic rings. The Morgan fingerprint density at radius 3 is 2.87 bits per heavy atom. The molecule has 5 N–H and O–H groups in total. The highest BCUT2D eigenvalue weighted by Gasteiger charge is 2.16. The number of rotatable bonds is 4. The van der Waals surface area contributed by atoms with Crippen LogP contribution in [0.25, 0.3) is 33.1 Å². The number of nitrogens with zero attached hydrogens (tertiary/aromatic N) is 3. The maximum Gasteiger partial charge on any atom is 0.339 e. The molecule has 3 aromatic heterocycles. The molecule has 0 fully saturated rings. The zero-order chi connectivity index (χ0) is 20.7. The van der Waals surface area contributed by atoms with Crippen molar-refractivity contribution in [2.75, 3.05) is 18.2 Å². The Morgan fingerprint density at radius 2 is 2.03 bits per heavy atom. The van der Waals surface area contributed by atoms with Crippen LogP contribution >= 0.6 is 0 Å². The van der Waals surface area contributed by atoms with E-state index in [0.717, 1.165) is 33.2 Å². The third kappa shape index (κ3) is 2.98. The predicted octanol–water partition coefficient (Wildman–Crippen LogP) is 3.61. The fourth-order valence-corrected chi connectivity index (χ4v) is 3.51. The number of anilines is 3. The Labute approximate surface area is 170 Å². The van der Waals surface area contributed by atoms with Crippen LogP contribution in [0.5, 0.6) is 0 Å². The van der Waals surface area contributed by atoms with E-state index in [2.05, 4.69) is 30.5 Å². The number of fused-ring (bicyclic) bond motifs is 2. The van der Waals surface area contributed by atoms with Gasteiger partial charge in [0.15, 0.2) is 0 Å². The lowest BCUT2D eigenvalue weighted by molar-refractivity contribution is 0.0603. The summed E-state index contributed by atoms with van der Waals surface area (Å²) in [5.74, 6) is 0.383. The van der Waals surface area contributed by atoms with Gasteiger partial charge in [0.25, 0.3) is 0 Å². The lowest BCUT2D eigenvalue weighted by Gasteiger charge is -2.09. The predicted molar refractivity (Wildman–Crippen MR) is 114 cm³/mol. The normalized spacial score (nSPS) is 11.1. The second kappa shape index (κ2) is 6.89. The second-order valence-electron chi connectivity index (χ2n) is 6.73. The maximum atomic E-state index is 12.1. The number of hydrogen-bond acceptors (Lipinski definition) is 7. The topological polar surface area (TPSA) is 135 Å². The Kier molecular flexibility index (Phi) is 4.06. The smallest absolute Gasteiger partial charge is 0.339 e. The fourth-order valence-electron chi connectivity index (χ4n) is 3.51. The number of aromatic amines is 2. The van der Waals surface area contributed by atoms with E-state index in [9.17, 15) is 4.79 Å². The first kappa shape index (κ1) is 17.7. The molecular weight excluding hydrogens is 382 g/mol. The number of nitrogen functional groups attached to an aromatic ring is 1. The number of carbonyl (C=O) groups is 1. The number of aromatic nitrogens is 5. The SMILES string of the molecule is COC(=O)c1cccc2cc(-c3cc(Nc4ccnc(N)n4)cc4cn[nH]c34)[nH]c12. The number of benzene rings is 2. The summed E-state index contributed by atoms with van der Waals surface area (Å²) in [6, 6.07) is 13.2. The molecule has 0 saturated heterocycles. The zero-order valence-corrected chi connectivity index (χ0v) is 15.9. The third-order valence-corrected chi connectivity index (χ3v) is 4.85. The summed E-state index contributed by atoms with van der Waals surface area (Å²) in [7, 11) is 1.37. The number of nitrogens with two attached hydrogens (primary N) is 1. The van der Waals surface area contributed by atoms with Gasteiger partial charge in [0.05, 0.1) is 29.9 Å². The van der Waals surface area contributed by atoms with Gasteiger partial charge in [-0.1, -0.05) is 12.1 Å². The molecule has 0 spiro atoms. The molecule has 0 amide bonds. The third-order valence-electron chi connectivity index (χ3n) is 4.85. The van der Waals surface area contributed by atoms with Gasteiger partial charge in [-0.15, -0.1) is 0 Å². The first-order valence-electron chi connectivity index (χ1n) is 9.15. The minimum Gasteiger partial charge on any atom is -0.465 e. The minimum atomic E-state index is -0.391. The average Bonchev–Trinajstić information content (AvgIpc) is 3.39. The quantitative estimate of drug-likeness (QED) is 0.339. The number of carbonyl (C=O) groups excluding carboxylic acids is 1. The summed E-state index contributed by atoms with van der Waals surface area (Å²) in [4.78, 5) is 23.6. The number of hydrogen-bond donors (Lipinski definition) is 4. The molecule has 2 aromatic carbocycles. The molecule has 0 aliphatic carbocycles. The summed E-state index contributed by atoms with van der Waals surface area (Å²) in [6.07, 6.45) is 3.34. The monoisotopic (exact) mass is 399 g/mol. The van der Waals surface area contributed by atoms with Crippen LogP contribution in [-0.4, -0.2) is 38.2 Å². The molecule has 0 radical (unpaired) electrons. The van der Waals surface area contributed by atoms with E-state index in [-0.39, 0.29) is 5.95 Å². The molecule has 0 aliphatic rings. The van der Waals surface area contributed by atoms with Gasteiger partial charge < -0.3 is 20.8 Å². The van der Waals surface area contributed by atoms with Gasteiger partial charge in [0, 0.05) is 33.9 Å². The number of para-hydroxylation sites is 1. The van der Waals surface area contributed by atoms with Gasteiger partial charge >= 0.3 is 5.97 Å². The molecule has 3 heterocycles. The van der Waals surface area contributed by atoms with E-state index >= 15 is 0 Å². The van der Waals surface area contributed by atoms with E-state index in [1.807, 2.05) is 30.3 Å². The van der Waals surface area contributed by atoms with Crippen molar-refractivity contribution in [3.8, 4) is 11.3 Å². The number of methoxy groups -OCH3 is 1. The molecule has 148 valence electrons. The molecule has 9 heteroatoms. The Bertz CT molecular complexity index is 1400. The zero-order valence-electron chi connectivity index (χ0n) is 15.9. The van der Waals surface area contributed by atoms with Crippen LogP contribution in [0.4, 0.5) is 17.5 Å². The van der Waals surface area contributed by atoms with Crippen LogP contribution in [0.2, 0.25) is 0 Å². The molecule has 0 unspecified atom stereocenters. The first-order chi connectivity index (χ1) is 14.6. The van der Waals surface area contributed by atoms with E-state index in [1.165, 1.54) is 7.11 Å². The number of ether oxygens (including phenoxy) is 1. The Morgan fingerprint density at radius 1 is 1.13 bits per heavy atom. The molecule has 9 nitrogen and oxygen atoms in total. The highest BCUT2D eigenvalue weighted by molar-refractivity contribution is 6.06. The van der Waals surface area contributed by atoms with Crippen molar-refractivity contribution in [1.82, 2.24) is 25.1 Å². The highest BCUT2D eigenvalue weighted by Crippen LogP contribution is 2.34. The van der Waals surface area contributed by atoms with Crippen molar-refractivity contribution in [3.05, 3.63) is 60.4 Å². The minimum absolute atomic E-state index is 0.190. The molecule has 5 rings (SSSR count). The van der Waals surface area contributed by atoms with Gasteiger partial charge in [-0.25, -0.2) is 9.78 Å². The summed E-state index contributed by atoms with van der Waals surface area (Å²) in [6.45, 7) is 0. The van der Waals surface area contributed by atoms with Crippen molar-refractivity contribution in [1.29, 1.82) is 0 Å². The van der Waals surface area contributed by atoms with Crippen molar-refractivity contribution in [2.45, 2.75) is 0 Å². The second-order valence-corrected chi connectivity index (χ2v) is 6.73. The summed E-state index contributed by atoms with van der Waals surface area (Å²) < 4.78 is 4.90. The summed E-state index contributed by atoms with van der Waals surface area (Å²) >= 11 is 0. The molecule has 0 atom stereocenters. The van der Waals surface area contributed by atoms with E-state index in [4.69, 9.17) is 10.5 Å². The van der Waals surface area contributed by atoms with Crippen molar-refractivity contribution < 1.29 is 9.53 Å². The van der Waals surface area contributed by atoms with Crippen LogP contribution in [0.3, 0.4) is 0 Å². The van der Waals surface area contributed by atoms with Gasteiger partial charge in [-0.05, 0) is 30.3 Å². The van der Waals surface area contributed by atoms with Crippen LogP contribution in [0.1, 0.15) is 10.4 Å². The Hall–Kier alpha value is -4.40. The summed E-state index contributed by atoms with van der Waals surface area (Å²) in [5, 5.41) is 12.3. The largest absolute Gasteiger partial charge is 0.465 e. The maximum absolute atomic E-state index is 12.1. The average molecular weight is 399 g/mol. The van der Waals surface area contributed by atoms with Crippen molar-refractivity contribution in [3.63, 3.8) is 0 Å². The Balaban J connectivity index is 1.65.